The third kappa shape index (κ3) is 3.89. The van der Waals surface area contributed by atoms with Gasteiger partial charge in [-0.1, -0.05) is 42.5 Å². The van der Waals surface area contributed by atoms with Gasteiger partial charge in [-0.3, -0.25) is 4.79 Å². The average Bonchev–Trinajstić information content (AvgIpc) is 2.64. The summed E-state index contributed by atoms with van der Waals surface area (Å²) in [6.45, 7) is 2.86. The summed E-state index contributed by atoms with van der Waals surface area (Å²) >= 11 is 0. The molecule has 1 N–H and O–H groups in total. The van der Waals surface area contributed by atoms with Crippen LogP contribution >= 0.6 is 0 Å². The second kappa shape index (κ2) is 7.47. The molecule has 2 aromatic carbocycles. The van der Waals surface area contributed by atoms with Crippen LogP contribution in [-0.2, 0) is 15.8 Å². The molecular weight excluding hydrogens is 352 g/mol. The van der Waals surface area contributed by atoms with Gasteiger partial charge < -0.3 is 10.0 Å². The molecule has 1 amide bonds. The van der Waals surface area contributed by atoms with Crippen molar-refractivity contribution in [2.75, 3.05) is 26.2 Å². The minimum Gasteiger partial charge on any atom is -0.507 e. The number of phenolic OH excluding ortho intramolecular Hbond substituents is 1. The molecule has 1 fully saturated rings. The molecule has 0 saturated carbocycles. The molecule has 26 heavy (non-hydrogen) atoms. The lowest BCUT2D eigenvalue weighted by atomic mass is 10.1. The van der Waals surface area contributed by atoms with Crippen LogP contribution in [0.5, 0.6) is 5.75 Å². The first kappa shape index (κ1) is 18.4. The van der Waals surface area contributed by atoms with Crippen LogP contribution in [0.3, 0.4) is 0 Å². The van der Waals surface area contributed by atoms with Crippen molar-refractivity contribution in [3.05, 3.63) is 65.2 Å². The molecule has 0 unspecified atom stereocenters. The van der Waals surface area contributed by atoms with Crippen LogP contribution in [0.1, 0.15) is 21.5 Å². The highest BCUT2D eigenvalue weighted by molar-refractivity contribution is 7.88. The summed E-state index contributed by atoms with van der Waals surface area (Å²) in [5.74, 6) is -0.330. The van der Waals surface area contributed by atoms with Crippen molar-refractivity contribution in [2.45, 2.75) is 12.7 Å². The Morgan fingerprint density at radius 3 is 2.31 bits per heavy atom. The molecule has 1 aliphatic heterocycles. The molecule has 1 aliphatic rings. The number of phenols is 1. The normalized spacial score (nSPS) is 15.8. The number of aromatic hydroxyl groups is 1. The van der Waals surface area contributed by atoms with Gasteiger partial charge in [0.2, 0.25) is 10.0 Å². The number of benzene rings is 2. The quantitative estimate of drug-likeness (QED) is 0.888. The molecule has 138 valence electrons. The Balaban J connectivity index is 1.65. The predicted octanol–water partition coefficient (Wildman–Crippen LogP) is 1.99. The van der Waals surface area contributed by atoms with E-state index < -0.39 is 10.0 Å². The second-order valence-electron chi connectivity index (χ2n) is 6.40. The van der Waals surface area contributed by atoms with Gasteiger partial charge in [-0.15, -0.1) is 0 Å². The van der Waals surface area contributed by atoms with Crippen LogP contribution in [0.2, 0.25) is 0 Å². The Morgan fingerprint density at radius 2 is 1.65 bits per heavy atom. The van der Waals surface area contributed by atoms with Crippen molar-refractivity contribution >= 4 is 15.9 Å². The van der Waals surface area contributed by atoms with Crippen LogP contribution < -0.4 is 0 Å². The lowest BCUT2D eigenvalue weighted by Crippen LogP contribution is -2.50. The van der Waals surface area contributed by atoms with Crippen LogP contribution in [0.15, 0.2) is 48.5 Å². The Bertz CT molecular complexity index is 889. The van der Waals surface area contributed by atoms with Gasteiger partial charge in [0, 0.05) is 26.2 Å². The van der Waals surface area contributed by atoms with Gasteiger partial charge in [0.25, 0.3) is 5.91 Å². The number of carbonyl (C=O) groups excluding carboxylic acids is 1. The van der Waals surface area contributed by atoms with Crippen molar-refractivity contribution < 1.29 is 18.3 Å². The molecule has 3 rings (SSSR count). The smallest absolute Gasteiger partial charge is 0.257 e. The van der Waals surface area contributed by atoms with Crippen LogP contribution in [0.4, 0.5) is 0 Å². The SMILES string of the molecule is Cc1cccc(C(=O)N2CCN(S(=O)(=O)Cc3ccccc3)CC2)c1O. The van der Waals surface area contributed by atoms with E-state index in [1.807, 2.05) is 18.2 Å². The molecule has 0 bridgehead atoms. The summed E-state index contributed by atoms with van der Waals surface area (Å²) in [5.41, 5.74) is 1.64. The van der Waals surface area contributed by atoms with E-state index in [1.54, 1.807) is 42.2 Å². The van der Waals surface area contributed by atoms with Crippen LogP contribution in [0, 0.1) is 6.92 Å². The average molecular weight is 374 g/mol. The Kier molecular flexibility index (Phi) is 5.29. The maximum Gasteiger partial charge on any atom is 0.257 e. The molecule has 7 heteroatoms. The number of piperazine rings is 1. The molecule has 6 nitrogen and oxygen atoms in total. The Labute approximate surface area is 153 Å². The molecule has 0 spiro atoms. The molecule has 2 aromatic rings. The van der Waals surface area contributed by atoms with Gasteiger partial charge in [0.05, 0.1) is 11.3 Å². The van der Waals surface area contributed by atoms with Crippen LogP contribution in [0.25, 0.3) is 0 Å². The fourth-order valence-electron chi connectivity index (χ4n) is 3.05. The summed E-state index contributed by atoms with van der Waals surface area (Å²) in [6, 6.07) is 14.1. The standard InChI is InChI=1S/C19H22N2O4S/c1-15-6-5-9-17(18(15)22)19(23)20-10-12-21(13-11-20)26(24,25)14-16-7-3-2-4-8-16/h2-9,22H,10-14H2,1H3. The van der Waals surface area contributed by atoms with Crippen LogP contribution in [-0.4, -0.2) is 54.8 Å². The van der Waals surface area contributed by atoms with Gasteiger partial charge in [-0.25, -0.2) is 8.42 Å². The largest absolute Gasteiger partial charge is 0.507 e. The third-order valence-electron chi connectivity index (χ3n) is 4.58. The molecule has 0 radical (unpaired) electrons. The van der Waals surface area contributed by atoms with Gasteiger partial charge in [-0.05, 0) is 24.1 Å². The summed E-state index contributed by atoms with van der Waals surface area (Å²) in [4.78, 5) is 14.2. The first-order chi connectivity index (χ1) is 12.4. The first-order valence-electron chi connectivity index (χ1n) is 8.48. The Hall–Kier alpha value is -2.38. The van der Waals surface area contributed by atoms with E-state index in [-0.39, 0.29) is 36.1 Å². The number of carbonyl (C=O) groups is 1. The minimum atomic E-state index is -3.42. The minimum absolute atomic E-state index is 0.0170. The van der Waals surface area contributed by atoms with E-state index in [9.17, 15) is 18.3 Å². The van der Waals surface area contributed by atoms with Crippen molar-refractivity contribution in [3.8, 4) is 5.75 Å². The summed E-state index contributed by atoms with van der Waals surface area (Å²) in [6.07, 6.45) is 0. The number of rotatable bonds is 4. The van der Waals surface area contributed by atoms with E-state index in [0.717, 1.165) is 5.56 Å². The number of nitrogens with zero attached hydrogens (tertiary/aromatic N) is 2. The monoisotopic (exact) mass is 374 g/mol. The molecule has 0 atom stereocenters. The fourth-order valence-corrected chi connectivity index (χ4v) is 4.56. The zero-order chi connectivity index (χ0) is 18.7. The molecule has 1 heterocycles. The third-order valence-corrected chi connectivity index (χ3v) is 6.43. The number of hydrogen-bond donors (Lipinski definition) is 1. The van der Waals surface area contributed by atoms with Crippen molar-refractivity contribution in [1.29, 1.82) is 0 Å². The molecular formula is C19H22N2O4S. The number of aryl methyl sites for hydroxylation is 1. The maximum absolute atomic E-state index is 12.6. The zero-order valence-electron chi connectivity index (χ0n) is 14.6. The molecule has 1 saturated heterocycles. The highest BCUT2D eigenvalue weighted by Crippen LogP contribution is 2.24. The van der Waals surface area contributed by atoms with E-state index >= 15 is 0 Å². The second-order valence-corrected chi connectivity index (χ2v) is 8.37. The number of para-hydroxylation sites is 1. The Morgan fingerprint density at radius 1 is 1.00 bits per heavy atom. The zero-order valence-corrected chi connectivity index (χ0v) is 15.4. The highest BCUT2D eigenvalue weighted by atomic mass is 32.2. The van der Waals surface area contributed by atoms with E-state index in [2.05, 4.69) is 0 Å². The van der Waals surface area contributed by atoms with E-state index in [0.29, 0.717) is 18.7 Å². The summed E-state index contributed by atoms with van der Waals surface area (Å²) in [7, 11) is -3.42. The van der Waals surface area contributed by atoms with Crippen molar-refractivity contribution in [3.63, 3.8) is 0 Å². The van der Waals surface area contributed by atoms with Gasteiger partial charge in [-0.2, -0.15) is 4.31 Å². The molecule has 0 aromatic heterocycles. The lowest BCUT2D eigenvalue weighted by molar-refractivity contribution is 0.0694. The first-order valence-corrected chi connectivity index (χ1v) is 10.1. The van der Waals surface area contributed by atoms with Crippen molar-refractivity contribution in [2.24, 2.45) is 0 Å². The topological polar surface area (TPSA) is 77.9 Å². The number of hydrogen-bond acceptors (Lipinski definition) is 4. The van der Waals surface area contributed by atoms with Crippen molar-refractivity contribution in [1.82, 2.24) is 9.21 Å². The molecule has 0 aliphatic carbocycles. The summed E-state index contributed by atoms with van der Waals surface area (Å²) in [5, 5.41) is 10.1. The number of amides is 1. The van der Waals surface area contributed by atoms with E-state index in [1.165, 1.54) is 4.31 Å². The van der Waals surface area contributed by atoms with Gasteiger partial charge in [0.1, 0.15) is 5.75 Å². The maximum atomic E-state index is 12.6. The fraction of sp³-hybridized carbons (Fsp3) is 0.316. The van der Waals surface area contributed by atoms with Gasteiger partial charge in [0.15, 0.2) is 0 Å². The number of sulfonamides is 1. The lowest BCUT2D eigenvalue weighted by Gasteiger charge is -2.34. The van der Waals surface area contributed by atoms with E-state index in [4.69, 9.17) is 0 Å². The summed E-state index contributed by atoms with van der Waals surface area (Å²) < 4.78 is 26.6. The predicted molar refractivity (Wildman–Crippen MR) is 99.4 cm³/mol. The highest BCUT2D eigenvalue weighted by Gasteiger charge is 2.30. The van der Waals surface area contributed by atoms with Gasteiger partial charge >= 0.3 is 0 Å².